The third-order valence-corrected chi connectivity index (χ3v) is 3.72. The molecule has 0 amide bonds. The Hall–Kier alpha value is -1.72. The third-order valence-electron chi connectivity index (χ3n) is 3.72. The zero-order valence-electron chi connectivity index (χ0n) is 12.9. The molecule has 1 N–H and O–H groups in total. The van der Waals surface area contributed by atoms with Crippen LogP contribution in [0.4, 0.5) is 4.39 Å². The van der Waals surface area contributed by atoms with Crippen LogP contribution in [0.25, 0.3) is 0 Å². The fourth-order valence-electron chi connectivity index (χ4n) is 2.30. The Labute approximate surface area is 131 Å². The largest absolute Gasteiger partial charge is 0.396 e. The van der Waals surface area contributed by atoms with Gasteiger partial charge in [0, 0.05) is 33.0 Å². The molecule has 0 aromatic heterocycles. The Bertz CT molecular complexity index is 515. The number of aliphatic imine (C=N–C) groups is 1. The van der Waals surface area contributed by atoms with E-state index in [9.17, 15) is 4.39 Å². The molecule has 0 aromatic rings. The van der Waals surface area contributed by atoms with Gasteiger partial charge >= 0.3 is 0 Å². The summed E-state index contributed by atoms with van der Waals surface area (Å²) >= 11 is 0. The van der Waals surface area contributed by atoms with Gasteiger partial charge in [0.05, 0.1) is 6.10 Å². The Kier molecular flexibility index (Phi) is 6.55. The standard InChI is InChI=1S/C17H23FN2O2/c1-22-16-12-20(13-16)17-8-5-7-15(11-19-17)14(10-18)6-3-2-4-9-21/h2-3,6-8,11,16,21H,4-5,9-10,12-13H2,1H3/b3-2-,14-6+. The van der Waals surface area contributed by atoms with Gasteiger partial charge in [0.25, 0.3) is 0 Å². The summed E-state index contributed by atoms with van der Waals surface area (Å²) in [5.41, 5.74) is 1.41. The molecule has 2 aliphatic heterocycles. The lowest BCUT2D eigenvalue weighted by molar-refractivity contribution is -0.0120. The average molecular weight is 306 g/mol. The fourth-order valence-corrected chi connectivity index (χ4v) is 2.30. The lowest BCUT2D eigenvalue weighted by Crippen LogP contribution is -2.50. The van der Waals surface area contributed by atoms with E-state index < -0.39 is 6.67 Å². The molecule has 1 saturated heterocycles. The van der Waals surface area contributed by atoms with Crippen molar-refractivity contribution in [1.82, 2.24) is 4.90 Å². The molecule has 4 nitrogen and oxygen atoms in total. The van der Waals surface area contributed by atoms with Gasteiger partial charge < -0.3 is 14.7 Å². The monoisotopic (exact) mass is 306 g/mol. The van der Waals surface area contributed by atoms with Gasteiger partial charge in [-0.05, 0) is 30.1 Å². The molecule has 0 spiro atoms. The molecule has 0 aliphatic carbocycles. The van der Waals surface area contributed by atoms with Crippen molar-refractivity contribution >= 4 is 6.21 Å². The number of nitrogens with zero attached hydrogens (tertiary/aromatic N) is 2. The summed E-state index contributed by atoms with van der Waals surface area (Å²) in [5.74, 6) is 0.925. The number of rotatable bonds is 7. The van der Waals surface area contributed by atoms with Crippen LogP contribution in [0.3, 0.4) is 0 Å². The van der Waals surface area contributed by atoms with Crippen LogP contribution in [-0.2, 0) is 4.74 Å². The summed E-state index contributed by atoms with van der Waals surface area (Å²) in [7, 11) is 1.72. The van der Waals surface area contributed by atoms with Crippen LogP contribution in [-0.4, -0.2) is 55.8 Å². The highest BCUT2D eigenvalue weighted by Gasteiger charge is 2.27. The van der Waals surface area contributed by atoms with E-state index in [1.807, 2.05) is 18.2 Å². The van der Waals surface area contributed by atoms with E-state index in [0.29, 0.717) is 12.0 Å². The molecule has 0 saturated carbocycles. The minimum Gasteiger partial charge on any atom is -0.396 e. The van der Waals surface area contributed by atoms with Crippen LogP contribution in [0.5, 0.6) is 0 Å². The summed E-state index contributed by atoms with van der Waals surface area (Å²) in [6.07, 6.45) is 12.7. The molecule has 1 fully saturated rings. The number of allylic oxidation sites excluding steroid dienone is 6. The smallest absolute Gasteiger partial charge is 0.124 e. The van der Waals surface area contributed by atoms with Gasteiger partial charge in [-0.1, -0.05) is 24.3 Å². The first-order valence-electron chi connectivity index (χ1n) is 7.53. The number of hydrogen-bond acceptors (Lipinski definition) is 4. The third kappa shape index (κ3) is 4.39. The van der Waals surface area contributed by atoms with Gasteiger partial charge in [0.2, 0.25) is 0 Å². The molecule has 0 atom stereocenters. The van der Waals surface area contributed by atoms with Crippen LogP contribution in [0.15, 0.2) is 52.3 Å². The van der Waals surface area contributed by atoms with Crippen molar-refractivity contribution in [3.05, 3.63) is 47.3 Å². The Morgan fingerprint density at radius 1 is 1.50 bits per heavy atom. The maximum atomic E-state index is 13.2. The van der Waals surface area contributed by atoms with E-state index >= 15 is 0 Å². The topological polar surface area (TPSA) is 45.1 Å². The van der Waals surface area contributed by atoms with Crippen molar-refractivity contribution in [2.45, 2.75) is 18.9 Å². The van der Waals surface area contributed by atoms with E-state index in [4.69, 9.17) is 9.84 Å². The quantitative estimate of drug-likeness (QED) is 0.735. The molecular formula is C17H23FN2O2. The summed E-state index contributed by atoms with van der Waals surface area (Å²) in [5, 5.41) is 8.72. The highest BCUT2D eigenvalue weighted by atomic mass is 19.1. The Balaban J connectivity index is 1.97. The number of hydrogen-bond donors (Lipinski definition) is 1. The molecular weight excluding hydrogens is 283 g/mol. The number of ether oxygens (including phenoxy) is 1. The second kappa shape index (κ2) is 8.66. The van der Waals surface area contributed by atoms with Gasteiger partial charge in [-0.2, -0.15) is 0 Å². The number of likely N-dealkylation sites (tertiary alicyclic amines) is 1. The van der Waals surface area contributed by atoms with E-state index in [-0.39, 0.29) is 12.7 Å². The van der Waals surface area contributed by atoms with Gasteiger partial charge in [-0.3, -0.25) is 0 Å². The second-order valence-electron chi connectivity index (χ2n) is 5.24. The average Bonchev–Trinajstić information content (AvgIpc) is 2.73. The zero-order chi connectivity index (χ0) is 15.8. The fraction of sp³-hybridized carbons (Fsp3) is 0.471. The molecule has 2 rings (SSSR count). The molecule has 0 unspecified atom stereocenters. The molecule has 2 aliphatic rings. The maximum Gasteiger partial charge on any atom is 0.124 e. The van der Waals surface area contributed by atoms with Crippen LogP contribution in [0, 0.1) is 0 Å². The predicted octanol–water partition coefficient (Wildman–Crippen LogP) is 2.39. The molecule has 120 valence electrons. The SMILES string of the molecule is COC1CN(C2=CCC=C(/C(=C/C=C\CCO)CF)C=N2)C1. The van der Waals surface area contributed by atoms with Gasteiger partial charge in [-0.15, -0.1) is 0 Å². The predicted molar refractivity (Wildman–Crippen MR) is 86.5 cm³/mol. The van der Waals surface area contributed by atoms with Crippen molar-refractivity contribution in [2.24, 2.45) is 4.99 Å². The van der Waals surface area contributed by atoms with Gasteiger partial charge in [-0.25, -0.2) is 9.38 Å². The number of methoxy groups -OCH3 is 1. The second-order valence-corrected chi connectivity index (χ2v) is 5.24. The van der Waals surface area contributed by atoms with Crippen LogP contribution in [0.2, 0.25) is 0 Å². The Morgan fingerprint density at radius 3 is 3.00 bits per heavy atom. The normalized spacial score (nSPS) is 20.0. The van der Waals surface area contributed by atoms with Crippen LogP contribution < -0.4 is 0 Å². The lowest BCUT2D eigenvalue weighted by Gasteiger charge is -2.39. The number of aliphatic hydroxyl groups excluding tert-OH is 1. The van der Waals surface area contributed by atoms with Crippen LogP contribution >= 0.6 is 0 Å². The van der Waals surface area contributed by atoms with Crippen LogP contribution in [0.1, 0.15) is 12.8 Å². The Morgan fingerprint density at radius 2 is 2.32 bits per heavy atom. The summed E-state index contributed by atoms with van der Waals surface area (Å²) in [6, 6.07) is 0. The molecule has 2 heterocycles. The highest BCUT2D eigenvalue weighted by molar-refractivity contribution is 5.86. The molecule has 5 heteroatoms. The van der Waals surface area contributed by atoms with E-state index in [2.05, 4.69) is 9.89 Å². The van der Waals surface area contributed by atoms with Crippen molar-refractivity contribution in [1.29, 1.82) is 0 Å². The zero-order valence-corrected chi connectivity index (χ0v) is 12.9. The number of alkyl halides is 1. The maximum absolute atomic E-state index is 13.2. The van der Waals surface area contributed by atoms with Crippen molar-refractivity contribution in [3.63, 3.8) is 0 Å². The molecule has 22 heavy (non-hydrogen) atoms. The number of aliphatic hydroxyl groups is 1. The molecule has 0 radical (unpaired) electrons. The van der Waals surface area contributed by atoms with Gasteiger partial charge in [0.15, 0.2) is 0 Å². The molecule has 0 bridgehead atoms. The van der Waals surface area contributed by atoms with Crippen molar-refractivity contribution in [2.75, 3.05) is 33.5 Å². The first-order valence-corrected chi connectivity index (χ1v) is 7.53. The lowest BCUT2D eigenvalue weighted by atomic mass is 10.1. The van der Waals surface area contributed by atoms with E-state index in [0.717, 1.165) is 30.9 Å². The van der Waals surface area contributed by atoms with Crippen molar-refractivity contribution < 1.29 is 14.2 Å². The van der Waals surface area contributed by atoms with E-state index in [1.54, 1.807) is 25.5 Å². The summed E-state index contributed by atoms with van der Waals surface area (Å²) in [6.45, 7) is 1.27. The minimum atomic E-state index is -0.536. The summed E-state index contributed by atoms with van der Waals surface area (Å²) < 4.78 is 18.5. The summed E-state index contributed by atoms with van der Waals surface area (Å²) in [4.78, 5) is 6.63. The minimum absolute atomic E-state index is 0.102. The van der Waals surface area contributed by atoms with Crippen molar-refractivity contribution in [3.8, 4) is 0 Å². The van der Waals surface area contributed by atoms with E-state index in [1.165, 1.54) is 0 Å². The first-order chi connectivity index (χ1) is 10.8. The van der Waals surface area contributed by atoms with Gasteiger partial charge in [0.1, 0.15) is 12.5 Å². The number of halogens is 1. The highest BCUT2D eigenvalue weighted by Crippen LogP contribution is 2.22. The first kappa shape index (κ1) is 16.6. The molecule has 0 aromatic carbocycles.